The van der Waals surface area contributed by atoms with E-state index in [9.17, 15) is 0 Å². The third-order valence-corrected chi connectivity index (χ3v) is 4.11. The molecule has 2 aromatic rings. The lowest BCUT2D eigenvalue weighted by Crippen LogP contribution is -2.06. The second-order valence-corrected chi connectivity index (χ2v) is 5.74. The van der Waals surface area contributed by atoms with Crippen molar-refractivity contribution in [3.8, 4) is 5.75 Å². The van der Waals surface area contributed by atoms with E-state index >= 15 is 0 Å². The molecule has 20 heavy (non-hydrogen) atoms. The standard InChI is InChI=1S/C17H21NOS/c1-3-19-17-10-9-14(13(2)18)11-15(17)12-20-16-7-5-4-6-8-16/h4-11,13H,3,12,18H2,1-2H3. The molecule has 0 fully saturated rings. The highest BCUT2D eigenvalue weighted by molar-refractivity contribution is 7.98. The van der Waals surface area contributed by atoms with Gasteiger partial charge in [0.15, 0.2) is 0 Å². The van der Waals surface area contributed by atoms with Crippen molar-refractivity contribution in [2.75, 3.05) is 6.61 Å². The summed E-state index contributed by atoms with van der Waals surface area (Å²) in [5.41, 5.74) is 8.32. The van der Waals surface area contributed by atoms with Gasteiger partial charge in [0.05, 0.1) is 6.61 Å². The number of ether oxygens (including phenoxy) is 1. The minimum Gasteiger partial charge on any atom is -0.494 e. The summed E-state index contributed by atoms with van der Waals surface area (Å²) in [7, 11) is 0. The number of benzene rings is 2. The van der Waals surface area contributed by atoms with Gasteiger partial charge in [-0.05, 0) is 43.7 Å². The summed E-state index contributed by atoms with van der Waals surface area (Å²) >= 11 is 1.81. The molecule has 3 heteroatoms. The van der Waals surface area contributed by atoms with E-state index in [2.05, 4.69) is 30.3 Å². The molecule has 2 rings (SSSR count). The van der Waals surface area contributed by atoms with Gasteiger partial charge in [-0.1, -0.05) is 24.3 Å². The van der Waals surface area contributed by atoms with Crippen molar-refractivity contribution in [2.45, 2.75) is 30.5 Å². The van der Waals surface area contributed by atoms with Crippen LogP contribution >= 0.6 is 11.8 Å². The third-order valence-electron chi connectivity index (χ3n) is 3.05. The minimum absolute atomic E-state index is 0.0474. The van der Waals surface area contributed by atoms with Gasteiger partial charge in [-0.25, -0.2) is 0 Å². The Labute approximate surface area is 125 Å². The number of hydrogen-bond acceptors (Lipinski definition) is 3. The predicted octanol–water partition coefficient (Wildman–Crippen LogP) is 4.40. The van der Waals surface area contributed by atoms with Crippen LogP contribution in [0, 0.1) is 0 Å². The molecule has 1 atom stereocenters. The van der Waals surface area contributed by atoms with Crippen LogP contribution in [-0.2, 0) is 5.75 Å². The van der Waals surface area contributed by atoms with E-state index in [1.54, 1.807) is 0 Å². The molecule has 0 aliphatic rings. The largest absolute Gasteiger partial charge is 0.494 e. The molecule has 0 saturated heterocycles. The summed E-state index contributed by atoms with van der Waals surface area (Å²) in [5, 5.41) is 0. The number of thioether (sulfide) groups is 1. The van der Waals surface area contributed by atoms with Gasteiger partial charge in [-0.15, -0.1) is 11.8 Å². The minimum atomic E-state index is 0.0474. The molecule has 0 spiro atoms. The maximum absolute atomic E-state index is 5.97. The second kappa shape index (κ2) is 7.36. The van der Waals surface area contributed by atoms with E-state index < -0.39 is 0 Å². The monoisotopic (exact) mass is 287 g/mol. The van der Waals surface area contributed by atoms with E-state index in [1.165, 1.54) is 10.5 Å². The maximum Gasteiger partial charge on any atom is 0.123 e. The van der Waals surface area contributed by atoms with Crippen LogP contribution < -0.4 is 10.5 Å². The topological polar surface area (TPSA) is 35.2 Å². The first-order chi connectivity index (χ1) is 9.70. The quantitative estimate of drug-likeness (QED) is 0.800. The highest BCUT2D eigenvalue weighted by Gasteiger charge is 2.08. The summed E-state index contributed by atoms with van der Waals surface area (Å²) in [6, 6.07) is 16.7. The normalized spacial score (nSPS) is 12.2. The number of nitrogens with two attached hydrogens (primary N) is 1. The van der Waals surface area contributed by atoms with Crippen molar-refractivity contribution in [2.24, 2.45) is 5.73 Å². The Hall–Kier alpha value is -1.45. The molecular weight excluding hydrogens is 266 g/mol. The van der Waals surface area contributed by atoms with Gasteiger partial charge in [0, 0.05) is 22.3 Å². The summed E-state index contributed by atoms with van der Waals surface area (Å²) in [6.07, 6.45) is 0. The van der Waals surface area contributed by atoms with Gasteiger partial charge < -0.3 is 10.5 Å². The Bertz CT molecular complexity index is 540. The third kappa shape index (κ3) is 4.02. The van der Waals surface area contributed by atoms with E-state index in [1.807, 2.05) is 43.8 Å². The molecule has 2 aromatic carbocycles. The van der Waals surface area contributed by atoms with Crippen molar-refractivity contribution in [3.63, 3.8) is 0 Å². The SMILES string of the molecule is CCOc1ccc(C(C)N)cc1CSc1ccccc1. The molecule has 1 unspecified atom stereocenters. The molecule has 0 aliphatic carbocycles. The number of rotatable bonds is 6. The fourth-order valence-electron chi connectivity index (χ4n) is 1.97. The van der Waals surface area contributed by atoms with Crippen molar-refractivity contribution in [3.05, 3.63) is 59.7 Å². The molecule has 2 nitrogen and oxygen atoms in total. The van der Waals surface area contributed by atoms with Crippen LogP contribution in [0.4, 0.5) is 0 Å². The lowest BCUT2D eigenvalue weighted by Gasteiger charge is -2.13. The Balaban J connectivity index is 2.16. The van der Waals surface area contributed by atoms with Gasteiger partial charge in [0.25, 0.3) is 0 Å². The van der Waals surface area contributed by atoms with E-state index in [4.69, 9.17) is 10.5 Å². The van der Waals surface area contributed by atoms with Gasteiger partial charge in [0.2, 0.25) is 0 Å². The second-order valence-electron chi connectivity index (χ2n) is 4.69. The van der Waals surface area contributed by atoms with Crippen molar-refractivity contribution in [1.29, 1.82) is 0 Å². The van der Waals surface area contributed by atoms with Crippen molar-refractivity contribution >= 4 is 11.8 Å². The van der Waals surface area contributed by atoms with Gasteiger partial charge in [-0.2, -0.15) is 0 Å². The average Bonchev–Trinajstić information content (AvgIpc) is 2.47. The zero-order chi connectivity index (χ0) is 14.4. The smallest absolute Gasteiger partial charge is 0.123 e. The fourth-order valence-corrected chi connectivity index (χ4v) is 2.87. The van der Waals surface area contributed by atoms with Gasteiger partial charge in [0.1, 0.15) is 5.75 Å². The Morgan fingerprint density at radius 3 is 2.55 bits per heavy atom. The molecule has 0 amide bonds. The van der Waals surface area contributed by atoms with Crippen LogP contribution in [0.1, 0.15) is 31.0 Å². The van der Waals surface area contributed by atoms with Crippen molar-refractivity contribution in [1.82, 2.24) is 0 Å². The van der Waals surface area contributed by atoms with Crippen molar-refractivity contribution < 1.29 is 4.74 Å². The lowest BCUT2D eigenvalue weighted by atomic mass is 10.1. The Kier molecular flexibility index (Phi) is 5.50. The van der Waals surface area contributed by atoms with E-state index in [0.29, 0.717) is 6.61 Å². The summed E-state index contributed by atoms with van der Waals surface area (Å²) in [5.74, 6) is 1.85. The molecule has 0 saturated carbocycles. The first-order valence-corrected chi connectivity index (χ1v) is 7.88. The molecule has 0 aromatic heterocycles. The summed E-state index contributed by atoms with van der Waals surface area (Å²) in [6.45, 7) is 4.69. The molecule has 0 radical (unpaired) electrons. The molecule has 0 aliphatic heterocycles. The van der Waals surface area contributed by atoms with E-state index in [0.717, 1.165) is 17.1 Å². The van der Waals surface area contributed by atoms with Crippen LogP contribution in [0.15, 0.2) is 53.4 Å². The molecule has 106 valence electrons. The maximum atomic E-state index is 5.97. The zero-order valence-electron chi connectivity index (χ0n) is 12.0. The van der Waals surface area contributed by atoms with Crippen LogP contribution in [0.25, 0.3) is 0 Å². The van der Waals surface area contributed by atoms with Gasteiger partial charge in [-0.3, -0.25) is 0 Å². The van der Waals surface area contributed by atoms with Crippen LogP contribution in [0.3, 0.4) is 0 Å². The average molecular weight is 287 g/mol. The lowest BCUT2D eigenvalue weighted by molar-refractivity contribution is 0.337. The highest BCUT2D eigenvalue weighted by Crippen LogP contribution is 2.30. The Morgan fingerprint density at radius 2 is 1.90 bits per heavy atom. The van der Waals surface area contributed by atoms with E-state index in [-0.39, 0.29) is 6.04 Å². The first kappa shape index (κ1) is 14.9. The highest BCUT2D eigenvalue weighted by atomic mass is 32.2. The van der Waals surface area contributed by atoms with Crippen LogP contribution in [0.5, 0.6) is 5.75 Å². The fraction of sp³-hybridized carbons (Fsp3) is 0.294. The molecule has 2 N–H and O–H groups in total. The molecular formula is C17H21NOS. The summed E-state index contributed by atoms with van der Waals surface area (Å²) < 4.78 is 5.71. The zero-order valence-corrected chi connectivity index (χ0v) is 12.8. The molecule has 0 heterocycles. The van der Waals surface area contributed by atoms with Crippen LogP contribution in [0.2, 0.25) is 0 Å². The summed E-state index contributed by atoms with van der Waals surface area (Å²) in [4.78, 5) is 1.26. The van der Waals surface area contributed by atoms with Gasteiger partial charge >= 0.3 is 0 Å². The van der Waals surface area contributed by atoms with Crippen LogP contribution in [-0.4, -0.2) is 6.61 Å². The predicted molar refractivity (Wildman–Crippen MR) is 86.2 cm³/mol. The first-order valence-electron chi connectivity index (χ1n) is 6.89. The number of hydrogen-bond donors (Lipinski definition) is 1. The molecule has 0 bridgehead atoms. The Morgan fingerprint density at radius 1 is 1.15 bits per heavy atom.